The standard InChI is InChI=1S/C8H15NO/c1-4-7(8(9)10)5-6(2)3/h4,6-7H,1,5H2,2-3H3,(H2,9,10)/t7-/m0/s1. The lowest BCUT2D eigenvalue weighted by Crippen LogP contribution is -2.22. The molecule has 0 radical (unpaired) electrons. The maximum absolute atomic E-state index is 10.6. The van der Waals surface area contributed by atoms with Crippen molar-refractivity contribution >= 4 is 5.91 Å². The fourth-order valence-corrected chi connectivity index (χ4v) is 0.836. The minimum absolute atomic E-state index is 0.153. The number of amides is 1. The predicted molar refractivity (Wildman–Crippen MR) is 42.3 cm³/mol. The van der Waals surface area contributed by atoms with Gasteiger partial charge in [0.05, 0.1) is 5.92 Å². The third-order valence-corrected chi connectivity index (χ3v) is 1.38. The van der Waals surface area contributed by atoms with Gasteiger partial charge < -0.3 is 5.73 Å². The molecule has 0 aromatic rings. The number of nitrogens with two attached hydrogens (primary N) is 1. The molecule has 0 aliphatic rings. The molecule has 58 valence electrons. The summed E-state index contributed by atoms with van der Waals surface area (Å²) in [7, 11) is 0. The van der Waals surface area contributed by atoms with Crippen LogP contribution in [0.25, 0.3) is 0 Å². The number of rotatable bonds is 4. The lowest BCUT2D eigenvalue weighted by Gasteiger charge is -2.09. The number of hydrogen-bond acceptors (Lipinski definition) is 1. The van der Waals surface area contributed by atoms with Crippen molar-refractivity contribution in [1.29, 1.82) is 0 Å². The van der Waals surface area contributed by atoms with E-state index in [0.29, 0.717) is 5.92 Å². The van der Waals surface area contributed by atoms with Gasteiger partial charge in [-0.3, -0.25) is 4.79 Å². The molecule has 0 aromatic carbocycles. The van der Waals surface area contributed by atoms with Gasteiger partial charge in [0.2, 0.25) is 5.91 Å². The Hall–Kier alpha value is -0.790. The van der Waals surface area contributed by atoms with E-state index in [2.05, 4.69) is 20.4 Å². The van der Waals surface area contributed by atoms with Gasteiger partial charge in [0.1, 0.15) is 0 Å². The van der Waals surface area contributed by atoms with E-state index in [1.165, 1.54) is 0 Å². The maximum atomic E-state index is 10.6. The Kier molecular flexibility index (Phi) is 3.77. The van der Waals surface area contributed by atoms with Crippen molar-refractivity contribution in [2.45, 2.75) is 20.3 Å². The highest BCUT2D eigenvalue weighted by Crippen LogP contribution is 2.11. The number of primary amides is 1. The zero-order chi connectivity index (χ0) is 8.15. The Morgan fingerprint density at radius 2 is 2.20 bits per heavy atom. The Morgan fingerprint density at radius 3 is 2.30 bits per heavy atom. The summed E-state index contributed by atoms with van der Waals surface area (Å²) in [6, 6.07) is 0. The van der Waals surface area contributed by atoms with E-state index in [1.807, 2.05) is 0 Å². The van der Waals surface area contributed by atoms with E-state index in [1.54, 1.807) is 6.08 Å². The Morgan fingerprint density at radius 1 is 1.70 bits per heavy atom. The van der Waals surface area contributed by atoms with E-state index >= 15 is 0 Å². The summed E-state index contributed by atoms with van der Waals surface area (Å²) in [5.74, 6) is 0.0687. The van der Waals surface area contributed by atoms with Crippen molar-refractivity contribution in [2.75, 3.05) is 0 Å². The van der Waals surface area contributed by atoms with Gasteiger partial charge in [-0.25, -0.2) is 0 Å². The highest BCUT2D eigenvalue weighted by molar-refractivity contribution is 5.78. The Balaban J connectivity index is 3.83. The summed E-state index contributed by atoms with van der Waals surface area (Å²) in [6.45, 7) is 7.64. The van der Waals surface area contributed by atoms with Crippen LogP contribution in [0.15, 0.2) is 12.7 Å². The van der Waals surface area contributed by atoms with Crippen LogP contribution in [0.3, 0.4) is 0 Å². The molecular formula is C8H15NO. The molecule has 2 N–H and O–H groups in total. The zero-order valence-corrected chi connectivity index (χ0v) is 6.63. The largest absolute Gasteiger partial charge is 0.369 e. The van der Waals surface area contributed by atoms with Crippen molar-refractivity contribution < 1.29 is 4.79 Å². The van der Waals surface area contributed by atoms with Gasteiger partial charge in [-0.05, 0) is 12.3 Å². The monoisotopic (exact) mass is 141 g/mol. The first-order valence-corrected chi connectivity index (χ1v) is 3.49. The molecule has 0 aliphatic heterocycles. The van der Waals surface area contributed by atoms with Gasteiger partial charge in [-0.2, -0.15) is 0 Å². The molecule has 10 heavy (non-hydrogen) atoms. The zero-order valence-electron chi connectivity index (χ0n) is 6.63. The minimum atomic E-state index is -0.274. The second kappa shape index (κ2) is 4.09. The summed E-state index contributed by atoms with van der Waals surface area (Å²) in [5, 5.41) is 0. The lowest BCUT2D eigenvalue weighted by molar-refractivity contribution is -0.120. The van der Waals surface area contributed by atoms with Gasteiger partial charge >= 0.3 is 0 Å². The topological polar surface area (TPSA) is 43.1 Å². The van der Waals surface area contributed by atoms with Gasteiger partial charge in [0.25, 0.3) is 0 Å². The van der Waals surface area contributed by atoms with Crippen LogP contribution in [0.1, 0.15) is 20.3 Å². The minimum Gasteiger partial charge on any atom is -0.369 e. The highest BCUT2D eigenvalue weighted by Gasteiger charge is 2.11. The van der Waals surface area contributed by atoms with Gasteiger partial charge in [0, 0.05) is 0 Å². The van der Waals surface area contributed by atoms with Crippen LogP contribution in [0.2, 0.25) is 0 Å². The molecule has 0 spiro atoms. The van der Waals surface area contributed by atoms with Crippen LogP contribution < -0.4 is 5.73 Å². The fourth-order valence-electron chi connectivity index (χ4n) is 0.836. The molecule has 2 heteroatoms. The smallest absolute Gasteiger partial charge is 0.224 e. The third kappa shape index (κ3) is 3.28. The van der Waals surface area contributed by atoms with Crippen LogP contribution in [-0.2, 0) is 4.79 Å². The first kappa shape index (κ1) is 9.21. The first-order valence-electron chi connectivity index (χ1n) is 3.49. The molecule has 1 atom stereocenters. The van der Waals surface area contributed by atoms with E-state index in [-0.39, 0.29) is 11.8 Å². The quantitative estimate of drug-likeness (QED) is 0.589. The molecule has 0 saturated carbocycles. The van der Waals surface area contributed by atoms with Gasteiger partial charge in [-0.1, -0.05) is 19.9 Å². The molecule has 0 unspecified atom stereocenters. The van der Waals surface area contributed by atoms with Crippen LogP contribution in [0, 0.1) is 11.8 Å². The van der Waals surface area contributed by atoms with Crippen LogP contribution >= 0.6 is 0 Å². The predicted octanol–water partition coefficient (Wildman–Crippen LogP) is 1.32. The lowest BCUT2D eigenvalue weighted by atomic mass is 9.97. The number of carbonyl (C=O) groups is 1. The van der Waals surface area contributed by atoms with Gasteiger partial charge in [0.15, 0.2) is 0 Å². The van der Waals surface area contributed by atoms with E-state index in [4.69, 9.17) is 5.73 Å². The highest BCUT2D eigenvalue weighted by atomic mass is 16.1. The molecule has 0 heterocycles. The molecule has 0 fully saturated rings. The maximum Gasteiger partial charge on any atom is 0.224 e. The molecular weight excluding hydrogens is 126 g/mol. The summed E-state index contributed by atoms with van der Waals surface area (Å²) in [6.07, 6.45) is 2.42. The van der Waals surface area contributed by atoms with Crippen LogP contribution in [-0.4, -0.2) is 5.91 Å². The van der Waals surface area contributed by atoms with Crippen LogP contribution in [0.4, 0.5) is 0 Å². The number of hydrogen-bond donors (Lipinski definition) is 1. The second-order valence-electron chi connectivity index (χ2n) is 2.87. The first-order chi connectivity index (χ1) is 4.57. The van der Waals surface area contributed by atoms with Crippen molar-refractivity contribution in [3.8, 4) is 0 Å². The number of carbonyl (C=O) groups excluding carboxylic acids is 1. The van der Waals surface area contributed by atoms with Crippen molar-refractivity contribution in [3.05, 3.63) is 12.7 Å². The summed E-state index contributed by atoms with van der Waals surface area (Å²) < 4.78 is 0. The van der Waals surface area contributed by atoms with Crippen molar-refractivity contribution in [1.82, 2.24) is 0 Å². The summed E-state index contributed by atoms with van der Waals surface area (Å²) in [5.41, 5.74) is 5.09. The fraction of sp³-hybridized carbons (Fsp3) is 0.625. The summed E-state index contributed by atoms with van der Waals surface area (Å²) in [4.78, 5) is 10.6. The Labute approximate surface area is 62.1 Å². The SMILES string of the molecule is C=C[C@@H](CC(C)C)C(N)=O. The molecule has 2 nitrogen and oxygen atoms in total. The van der Waals surface area contributed by atoms with E-state index < -0.39 is 0 Å². The molecule has 1 amide bonds. The molecule has 0 bridgehead atoms. The summed E-state index contributed by atoms with van der Waals surface area (Å²) >= 11 is 0. The second-order valence-corrected chi connectivity index (χ2v) is 2.87. The third-order valence-electron chi connectivity index (χ3n) is 1.38. The average molecular weight is 141 g/mol. The van der Waals surface area contributed by atoms with E-state index in [9.17, 15) is 4.79 Å². The molecule has 0 aliphatic carbocycles. The molecule has 0 rings (SSSR count). The van der Waals surface area contributed by atoms with E-state index in [0.717, 1.165) is 6.42 Å². The van der Waals surface area contributed by atoms with Gasteiger partial charge in [-0.15, -0.1) is 6.58 Å². The normalized spacial score (nSPS) is 13.1. The average Bonchev–Trinajstić information content (AvgIpc) is 1.81. The molecule has 0 saturated heterocycles. The molecule has 0 aromatic heterocycles. The Bertz CT molecular complexity index is 129. The van der Waals surface area contributed by atoms with Crippen LogP contribution in [0.5, 0.6) is 0 Å². The van der Waals surface area contributed by atoms with Crippen molar-refractivity contribution in [3.63, 3.8) is 0 Å². The van der Waals surface area contributed by atoms with Crippen molar-refractivity contribution in [2.24, 2.45) is 17.6 Å².